The molecule has 4 N–H and O–H groups in total. The molecule has 1 aliphatic rings. The third-order valence-corrected chi connectivity index (χ3v) is 6.12. The van der Waals surface area contributed by atoms with Crippen molar-refractivity contribution in [2.75, 3.05) is 27.3 Å². The Labute approximate surface area is 166 Å². The molecule has 0 bridgehead atoms. The third kappa shape index (κ3) is 5.97. The van der Waals surface area contributed by atoms with Crippen molar-refractivity contribution in [3.05, 3.63) is 18.2 Å². The van der Waals surface area contributed by atoms with Crippen molar-refractivity contribution in [2.24, 2.45) is 5.73 Å². The maximum atomic E-state index is 12.4. The molecule has 0 aliphatic heterocycles. The molecule has 0 spiro atoms. The molecule has 10 heteroatoms. The molecule has 8 nitrogen and oxygen atoms in total. The van der Waals surface area contributed by atoms with E-state index in [2.05, 4.69) is 10.0 Å². The molecule has 27 heavy (non-hydrogen) atoms. The van der Waals surface area contributed by atoms with Gasteiger partial charge < -0.3 is 20.5 Å². The fraction of sp³-hybridized carbons (Fsp3) is 0.588. The van der Waals surface area contributed by atoms with E-state index in [1.54, 1.807) is 0 Å². The highest BCUT2D eigenvalue weighted by molar-refractivity contribution is 7.89. The maximum Gasteiger partial charge on any atom is 0.240 e. The first-order valence-electron chi connectivity index (χ1n) is 8.58. The van der Waals surface area contributed by atoms with E-state index >= 15 is 0 Å². The second kappa shape index (κ2) is 10.1. The zero-order valence-electron chi connectivity index (χ0n) is 15.6. The first-order chi connectivity index (χ1) is 12.4. The van der Waals surface area contributed by atoms with Crippen LogP contribution < -0.4 is 25.2 Å². The summed E-state index contributed by atoms with van der Waals surface area (Å²) in [7, 11) is -0.845. The largest absolute Gasteiger partial charge is 0.493 e. The molecule has 0 saturated heterocycles. The van der Waals surface area contributed by atoms with Gasteiger partial charge in [0.2, 0.25) is 15.9 Å². The standard InChI is InChI=1S/C17H27N3O5S.ClH/c1-24-14-6-5-13(11-15(14)25-2)26(22,23)19-10-7-16(21)20-17(12-18)8-3-4-9-17;/h5-6,11,19H,3-4,7-10,12,18H2,1-2H3,(H,20,21);1H. The monoisotopic (exact) mass is 421 g/mol. The highest BCUT2D eigenvalue weighted by Crippen LogP contribution is 2.30. The number of ether oxygens (including phenoxy) is 2. The van der Waals surface area contributed by atoms with Gasteiger partial charge in [0.15, 0.2) is 11.5 Å². The van der Waals surface area contributed by atoms with Crippen molar-refractivity contribution in [1.82, 2.24) is 10.0 Å². The predicted molar refractivity (Wildman–Crippen MR) is 105 cm³/mol. The predicted octanol–water partition coefficient (Wildman–Crippen LogP) is 1.18. The number of hydrogen-bond donors (Lipinski definition) is 3. The lowest BCUT2D eigenvalue weighted by Gasteiger charge is -2.28. The molecule has 0 heterocycles. The Balaban J connectivity index is 0.00000364. The SMILES string of the molecule is COc1ccc(S(=O)(=O)NCCC(=O)NC2(CN)CCCC2)cc1OC.Cl. The van der Waals surface area contributed by atoms with E-state index in [1.807, 2.05) is 0 Å². The molecule has 1 aliphatic carbocycles. The normalized spacial score (nSPS) is 15.7. The topological polar surface area (TPSA) is 120 Å². The van der Waals surface area contributed by atoms with Crippen LogP contribution in [0.25, 0.3) is 0 Å². The Morgan fingerprint density at radius 3 is 2.37 bits per heavy atom. The van der Waals surface area contributed by atoms with Crippen LogP contribution >= 0.6 is 12.4 Å². The Morgan fingerprint density at radius 2 is 1.81 bits per heavy atom. The summed E-state index contributed by atoms with van der Waals surface area (Å²) < 4.78 is 37.4. The van der Waals surface area contributed by atoms with Gasteiger partial charge in [0.05, 0.1) is 24.7 Å². The van der Waals surface area contributed by atoms with Gasteiger partial charge in [-0.15, -0.1) is 12.4 Å². The van der Waals surface area contributed by atoms with Gasteiger partial charge in [-0.1, -0.05) is 12.8 Å². The Kier molecular flexibility index (Phi) is 8.80. The Hall–Kier alpha value is -1.55. The van der Waals surface area contributed by atoms with Crippen LogP contribution in [0.5, 0.6) is 11.5 Å². The summed E-state index contributed by atoms with van der Waals surface area (Å²) in [6.07, 6.45) is 3.88. The Bertz CT molecular complexity index is 736. The minimum atomic E-state index is -3.75. The molecule has 0 unspecified atom stereocenters. The first kappa shape index (κ1) is 23.5. The summed E-state index contributed by atoms with van der Waals surface area (Å²) in [6.45, 7) is 0.402. The van der Waals surface area contributed by atoms with E-state index in [9.17, 15) is 13.2 Å². The molecule has 0 aromatic heterocycles. The summed E-state index contributed by atoms with van der Waals surface area (Å²) in [5.74, 6) is 0.557. The van der Waals surface area contributed by atoms with E-state index in [0.29, 0.717) is 18.0 Å². The third-order valence-electron chi connectivity index (χ3n) is 4.67. The molecule has 1 saturated carbocycles. The van der Waals surface area contributed by atoms with Crippen LogP contribution in [0.4, 0.5) is 0 Å². The molecular weight excluding hydrogens is 394 g/mol. The van der Waals surface area contributed by atoms with Gasteiger partial charge >= 0.3 is 0 Å². The van der Waals surface area contributed by atoms with Crippen molar-refractivity contribution < 1.29 is 22.7 Å². The number of methoxy groups -OCH3 is 2. The second-order valence-corrected chi connectivity index (χ2v) is 8.17. The van der Waals surface area contributed by atoms with Crippen LogP contribution in [0, 0.1) is 0 Å². The number of nitrogens with two attached hydrogens (primary N) is 1. The van der Waals surface area contributed by atoms with Crippen molar-refractivity contribution >= 4 is 28.3 Å². The zero-order valence-corrected chi connectivity index (χ0v) is 17.2. The summed E-state index contributed by atoms with van der Waals surface area (Å²) >= 11 is 0. The van der Waals surface area contributed by atoms with Crippen molar-refractivity contribution in [2.45, 2.75) is 42.5 Å². The van der Waals surface area contributed by atoms with E-state index < -0.39 is 10.0 Å². The number of hydrogen-bond acceptors (Lipinski definition) is 6. The number of carbonyl (C=O) groups is 1. The highest BCUT2D eigenvalue weighted by Gasteiger charge is 2.33. The van der Waals surface area contributed by atoms with Crippen LogP contribution in [0.15, 0.2) is 23.1 Å². The van der Waals surface area contributed by atoms with Gasteiger partial charge in [0.25, 0.3) is 0 Å². The lowest BCUT2D eigenvalue weighted by atomic mass is 9.97. The molecule has 0 radical (unpaired) electrons. The number of nitrogens with one attached hydrogen (secondary N) is 2. The van der Waals surface area contributed by atoms with Gasteiger partial charge in [0.1, 0.15) is 0 Å². The van der Waals surface area contributed by atoms with Gasteiger partial charge in [-0.05, 0) is 25.0 Å². The lowest BCUT2D eigenvalue weighted by molar-refractivity contribution is -0.122. The molecule has 1 aromatic carbocycles. The van der Waals surface area contributed by atoms with Crippen molar-refractivity contribution in [3.63, 3.8) is 0 Å². The van der Waals surface area contributed by atoms with Crippen molar-refractivity contribution in [1.29, 1.82) is 0 Å². The molecule has 1 amide bonds. The van der Waals surface area contributed by atoms with Crippen molar-refractivity contribution in [3.8, 4) is 11.5 Å². The Morgan fingerprint density at radius 1 is 1.19 bits per heavy atom. The lowest BCUT2D eigenvalue weighted by Crippen LogP contribution is -2.52. The summed E-state index contributed by atoms with van der Waals surface area (Å²) in [5.41, 5.74) is 5.46. The fourth-order valence-corrected chi connectivity index (χ4v) is 4.20. The molecule has 0 atom stereocenters. The summed E-state index contributed by atoms with van der Waals surface area (Å²) in [5, 5.41) is 2.97. The molecule has 1 fully saturated rings. The number of carbonyl (C=O) groups excluding carboxylic acids is 1. The van der Waals surface area contributed by atoms with Gasteiger partial charge in [-0.2, -0.15) is 0 Å². The molecular formula is C17H28ClN3O5S. The average molecular weight is 422 g/mol. The zero-order chi connectivity index (χ0) is 19.2. The molecule has 2 rings (SSSR count). The quantitative estimate of drug-likeness (QED) is 0.550. The number of halogens is 1. The van der Waals surface area contributed by atoms with E-state index in [-0.39, 0.29) is 41.7 Å². The summed E-state index contributed by atoms with van der Waals surface area (Å²) in [6, 6.07) is 4.32. The van der Waals surface area contributed by atoms with E-state index in [1.165, 1.54) is 32.4 Å². The van der Waals surface area contributed by atoms with Gasteiger partial charge in [-0.3, -0.25) is 4.79 Å². The van der Waals surface area contributed by atoms with Gasteiger partial charge in [0, 0.05) is 25.6 Å². The molecule has 1 aromatic rings. The number of rotatable bonds is 9. The smallest absolute Gasteiger partial charge is 0.240 e. The van der Waals surface area contributed by atoms with Crippen LogP contribution in [-0.4, -0.2) is 47.2 Å². The minimum Gasteiger partial charge on any atom is -0.493 e. The molecule has 154 valence electrons. The fourth-order valence-electron chi connectivity index (χ4n) is 3.16. The van der Waals surface area contributed by atoms with Crippen LogP contribution in [0.1, 0.15) is 32.1 Å². The van der Waals surface area contributed by atoms with Crippen LogP contribution in [0.3, 0.4) is 0 Å². The van der Waals surface area contributed by atoms with Gasteiger partial charge in [-0.25, -0.2) is 13.1 Å². The van der Waals surface area contributed by atoms with E-state index in [4.69, 9.17) is 15.2 Å². The highest BCUT2D eigenvalue weighted by atomic mass is 35.5. The van der Waals surface area contributed by atoms with E-state index in [0.717, 1.165) is 25.7 Å². The maximum absolute atomic E-state index is 12.4. The number of sulfonamides is 1. The van der Waals surface area contributed by atoms with Crippen LogP contribution in [-0.2, 0) is 14.8 Å². The number of benzene rings is 1. The van der Waals surface area contributed by atoms with Crippen LogP contribution in [0.2, 0.25) is 0 Å². The minimum absolute atomic E-state index is 0. The first-order valence-corrected chi connectivity index (χ1v) is 10.1. The average Bonchev–Trinajstić information content (AvgIpc) is 3.09. The second-order valence-electron chi connectivity index (χ2n) is 6.40. The summed E-state index contributed by atoms with van der Waals surface area (Å²) in [4.78, 5) is 12.2. The number of amides is 1.